The molecule has 2 aliphatic rings. The Labute approximate surface area is 112 Å². The van der Waals surface area contributed by atoms with Gasteiger partial charge in [-0.05, 0) is 18.9 Å². The third-order valence-electron chi connectivity index (χ3n) is 3.66. The molecule has 19 heavy (non-hydrogen) atoms. The standard InChI is InChI=1S/C14H16N2O3/c15-9-11-1-2-13(16-10-11)19-12-3-5-14(6-4-12)17-7-8-18-14/h1-2,10,12H,3-8H2. The van der Waals surface area contributed by atoms with Crippen molar-refractivity contribution in [3.8, 4) is 11.9 Å². The molecule has 0 aromatic carbocycles. The molecular formula is C14H16N2O3. The molecule has 3 rings (SSSR count). The van der Waals surface area contributed by atoms with Crippen molar-refractivity contribution < 1.29 is 14.2 Å². The Morgan fingerprint density at radius 1 is 1.26 bits per heavy atom. The number of nitrogens with zero attached hydrogens (tertiary/aromatic N) is 2. The Morgan fingerprint density at radius 2 is 2.00 bits per heavy atom. The average molecular weight is 260 g/mol. The van der Waals surface area contributed by atoms with E-state index in [1.165, 1.54) is 6.20 Å². The van der Waals surface area contributed by atoms with Gasteiger partial charge in [-0.2, -0.15) is 5.26 Å². The van der Waals surface area contributed by atoms with Crippen LogP contribution in [0.1, 0.15) is 31.2 Å². The minimum Gasteiger partial charge on any atom is -0.474 e. The van der Waals surface area contributed by atoms with Gasteiger partial charge in [-0.25, -0.2) is 4.98 Å². The number of hydrogen-bond donors (Lipinski definition) is 0. The van der Waals surface area contributed by atoms with E-state index in [4.69, 9.17) is 19.5 Å². The first-order valence-electron chi connectivity index (χ1n) is 6.60. The van der Waals surface area contributed by atoms with E-state index in [1.54, 1.807) is 12.1 Å². The molecule has 5 heteroatoms. The highest BCUT2D eigenvalue weighted by molar-refractivity contribution is 5.28. The lowest BCUT2D eigenvalue weighted by Gasteiger charge is -2.35. The van der Waals surface area contributed by atoms with Crippen molar-refractivity contribution in [2.75, 3.05) is 13.2 Å². The van der Waals surface area contributed by atoms with Crippen LogP contribution in [0.4, 0.5) is 0 Å². The van der Waals surface area contributed by atoms with Crippen molar-refractivity contribution in [3.05, 3.63) is 23.9 Å². The molecule has 0 atom stereocenters. The van der Waals surface area contributed by atoms with Crippen LogP contribution in [0.3, 0.4) is 0 Å². The number of nitriles is 1. The van der Waals surface area contributed by atoms with Gasteiger partial charge in [0.2, 0.25) is 5.88 Å². The van der Waals surface area contributed by atoms with E-state index in [0.717, 1.165) is 25.7 Å². The maximum Gasteiger partial charge on any atom is 0.213 e. The van der Waals surface area contributed by atoms with Crippen LogP contribution in [0.15, 0.2) is 18.3 Å². The molecule has 0 amide bonds. The first-order chi connectivity index (χ1) is 9.30. The molecule has 5 nitrogen and oxygen atoms in total. The molecule has 2 fully saturated rings. The molecule has 1 aliphatic carbocycles. The third kappa shape index (κ3) is 2.70. The van der Waals surface area contributed by atoms with Gasteiger partial charge in [0.25, 0.3) is 0 Å². The molecule has 1 aromatic heterocycles. The summed E-state index contributed by atoms with van der Waals surface area (Å²) in [5, 5.41) is 8.71. The number of aromatic nitrogens is 1. The van der Waals surface area contributed by atoms with Crippen LogP contribution in [-0.4, -0.2) is 30.1 Å². The molecule has 0 bridgehead atoms. The summed E-state index contributed by atoms with van der Waals surface area (Å²) in [5.41, 5.74) is 0.544. The maximum atomic E-state index is 8.71. The molecule has 0 unspecified atom stereocenters. The largest absolute Gasteiger partial charge is 0.474 e. The van der Waals surface area contributed by atoms with Crippen LogP contribution >= 0.6 is 0 Å². The molecule has 0 radical (unpaired) electrons. The Morgan fingerprint density at radius 3 is 2.58 bits per heavy atom. The Kier molecular flexibility index (Phi) is 3.36. The molecule has 1 aliphatic heterocycles. The number of hydrogen-bond acceptors (Lipinski definition) is 5. The smallest absolute Gasteiger partial charge is 0.213 e. The van der Waals surface area contributed by atoms with Gasteiger partial charge in [0, 0.05) is 25.1 Å². The van der Waals surface area contributed by atoms with E-state index in [1.807, 2.05) is 6.07 Å². The highest BCUT2D eigenvalue weighted by Gasteiger charge is 2.40. The molecule has 1 saturated heterocycles. The van der Waals surface area contributed by atoms with Gasteiger partial charge in [-0.3, -0.25) is 0 Å². The fraction of sp³-hybridized carbons (Fsp3) is 0.571. The lowest BCUT2D eigenvalue weighted by atomic mass is 9.92. The van der Waals surface area contributed by atoms with E-state index >= 15 is 0 Å². The zero-order chi connectivity index (χ0) is 13.1. The fourth-order valence-corrected chi connectivity index (χ4v) is 2.62. The molecule has 100 valence electrons. The minimum atomic E-state index is -0.349. The summed E-state index contributed by atoms with van der Waals surface area (Å²) in [6, 6.07) is 5.50. The molecule has 2 heterocycles. The van der Waals surface area contributed by atoms with Gasteiger partial charge in [-0.1, -0.05) is 0 Å². The first-order valence-corrected chi connectivity index (χ1v) is 6.60. The second-order valence-corrected chi connectivity index (χ2v) is 4.92. The van der Waals surface area contributed by atoms with E-state index in [9.17, 15) is 0 Å². The van der Waals surface area contributed by atoms with Crippen molar-refractivity contribution in [1.82, 2.24) is 4.98 Å². The monoisotopic (exact) mass is 260 g/mol. The van der Waals surface area contributed by atoms with E-state index in [-0.39, 0.29) is 11.9 Å². The quantitative estimate of drug-likeness (QED) is 0.814. The number of rotatable bonds is 2. The SMILES string of the molecule is N#Cc1ccc(OC2CCC3(CC2)OCCO3)nc1. The fourth-order valence-electron chi connectivity index (χ4n) is 2.62. The highest BCUT2D eigenvalue weighted by atomic mass is 16.7. The Bertz CT molecular complexity index is 464. The predicted octanol–water partition coefficient (Wildman–Crippen LogP) is 2.02. The summed E-state index contributed by atoms with van der Waals surface area (Å²) in [6.07, 6.45) is 5.23. The van der Waals surface area contributed by atoms with Crippen molar-refractivity contribution in [2.45, 2.75) is 37.6 Å². The number of pyridine rings is 1. The van der Waals surface area contributed by atoms with Crippen molar-refractivity contribution in [1.29, 1.82) is 5.26 Å². The Hall–Kier alpha value is -1.64. The van der Waals surface area contributed by atoms with Gasteiger partial charge in [0.15, 0.2) is 5.79 Å². The Balaban J connectivity index is 1.55. The van der Waals surface area contributed by atoms with E-state index < -0.39 is 0 Å². The molecule has 0 N–H and O–H groups in total. The average Bonchev–Trinajstić information content (AvgIpc) is 2.91. The zero-order valence-corrected chi connectivity index (χ0v) is 10.7. The maximum absolute atomic E-state index is 8.71. The third-order valence-corrected chi connectivity index (χ3v) is 3.66. The van der Waals surface area contributed by atoms with Gasteiger partial charge in [0.05, 0.1) is 18.8 Å². The van der Waals surface area contributed by atoms with E-state index in [0.29, 0.717) is 24.7 Å². The van der Waals surface area contributed by atoms with Crippen molar-refractivity contribution >= 4 is 0 Å². The second-order valence-electron chi connectivity index (χ2n) is 4.92. The van der Waals surface area contributed by atoms with Crippen LogP contribution in [0, 0.1) is 11.3 Å². The first kappa shape index (κ1) is 12.4. The number of ether oxygens (including phenoxy) is 3. The lowest BCUT2D eigenvalue weighted by molar-refractivity contribution is -0.186. The van der Waals surface area contributed by atoms with E-state index in [2.05, 4.69) is 4.98 Å². The summed E-state index contributed by atoms with van der Waals surface area (Å²) in [5.74, 6) is 0.228. The summed E-state index contributed by atoms with van der Waals surface area (Å²) in [7, 11) is 0. The van der Waals surface area contributed by atoms with Crippen molar-refractivity contribution in [2.24, 2.45) is 0 Å². The van der Waals surface area contributed by atoms with Gasteiger partial charge in [-0.15, -0.1) is 0 Å². The second kappa shape index (κ2) is 5.16. The molecular weight excluding hydrogens is 244 g/mol. The molecule has 1 spiro atoms. The highest BCUT2D eigenvalue weighted by Crippen LogP contribution is 2.36. The molecule has 1 saturated carbocycles. The summed E-state index contributed by atoms with van der Waals surface area (Å²) in [4.78, 5) is 4.13. The predicted molar refractivity (Wildman–Crippen MR) is 66.5 cm³/mol. The van der Waals surface area contributed by atoms with Crippen molar-refractivity contribution in [3.63, 3.8) is 0 Å². The van der Waals surface area contributed by atoms with Gasteiger partial charge in [0.1, 0.15) is 12.2 Å². The summed E-state index contributed by atoms with van der Waals surface area (Å²) >= 11 is 0. The molecule has 1 aromatic rings. The topological polar surface area (TPSA) is 64.4 Å². The van der Waals surface area contributed by atoms with Crippen LogP contribution in [0.25, 0.3) is 0 Å². The zero-order valence-electron chi connectivity index (χ0n) is 10.7. The summed E-state index contributed by atoms with van der Waals surface area (Å²) < 4.78 is 17.2. The van der Waals surface area contributed by atoms with Crippen LogP contribution in [0.2, 0.25) is 0 Å². The van der Waals surface area contributed by atoms with Gasteiger partial charge >= 0.3 is 0 Å². The van der Waals surface area contributed by atoms with Crippen LogP contribution in [-0.2, 0) is 9.47 Å². The van der Waals surface area contributed by atoms with Crippen LogP contribution < -0.4 is 4.74 Å². The lowest BCUT2D eigenvalue weighted by Crippen LogP contribution is -2.38. The van der Waals surface area contributed by atoms with Gasteiger partial charge < -0.3 is 14.2 Å². The normalized spacial score (nSPS) is 22.3. The van der Waals surface area contributed by atoms with Crippen LogP contribution in [0.5, 0.6) is 5.88 Å². The summed E-state index contributed by atoms with van der Waals surface area (Å²) in [6.45, 7) is 1.39. The minimum absolute atomic E-state index is 0.152.